The molecule has 0 N–H and O–H groups in total. The fraction of sp³-hybridized carbons (Fsp3) is 0.281. The second-order valence-corrected chi connectivity index (χ2v) is 12.4. The highest BCUT2D eigenvalue weighted by Gasteiger charge is 2.36. The second kappa shape index (κ2) is 11.6. The van der Waals surface area contributed by atoms with Gasteiger partial charge in [0.2, 0.25) is 0 Å². The van der Waals surface area contributed by atoms with E-state index in [1.807, 2.05) is 18.2 Å². The predicted molar refractivity (Wildman–Crippen MR) is 162 cm³/mol. The summed E-state index contributed by atoms with van der Waals surface area (Å²) in [5.41, 5.74) is 3.30. The molecule has 1 saturated heterocycles. The monoisotopic (exact) mass is 655 g/mol. The Hall–Kier alpha value is -4.29. The Kier molecular flexibility index (Phi) is 7.57. The molecule has 2 aliphatic rings. The highest BCUT2D eigenvalue weighted by molar-refractivity contribution is 7.22. The van der Waals surface area contributed by atoms with Crippen molar-refractivity contribution in [1.29, 1.82) is 0 Å². The third-order valence-corrected chi connectivity index (χ3v) is 9.29. The van der Waals surface area contributed by atoms with E-state index in [-0.39, 0.29) is 41.4 Å². The predicted octanol–water partition coefficient (Wildman–Crippen LogP) is 8.35. The summed E-state index contributed by atoms with van der Waals surface area (Å²) in [4.78, 5) is 18.8. The van der Waals surface area contributed by atoms with E-state index in [0.717, 1.165) is 46.8 Å². The van der Waals surface area contributed by atoms with E-state index < -0.39 is 6.36 Å². The minimum atomic E-state index is -4.85. The highest BCUT2D eigenvalue weighted by Crippen LogP contribution is 2.46. The Morgan fingerprint density at radius 1 is 1.09 bits per heavy atom. The molecule has 13 heteroatoms. The summed E-state index contributed by atoms with van der Waals surface area (Å²) in [5, 5.41) is 5.56. The van der Waals surface area contributed by atoms with Crippen LogP contribution in [-0.2, 0) is 11.3 Å². The molecule has 232 valence electrons. The number of para-hydroxylation sites is 1. The molecule has 0 amide bonds. The Labute approximate surface area is 264 Å². The van der Waals surface area contributed by atoms with Gasteiger partial charge < -0.3 is 23.6 Å². The van der Waals surface area contributed by atoms with Crippen LogP contribution in [0.3, 0.4) is 0 Å². The molecule has 7 rings (SSSR count). The van der Waals surface area contributed by atoms with Gasteiger partial charge in [-0.15, -0.1) is 13.2 Å². The SMILES string of the molecule is COC(=O)c1ccc2nc(N3CC(c4ccc(OCc5c(-c6ccccc6OC(F)(F)F)noc5C5CC5)cc4Cl)C3)sc2c1. The molecule has 8 nitrogen and oxygen atoms in total. The van der Waals surface area contributed by atoms with Crippen molar-refractivity contribution in [1.82, 2.24) is 10.1 Å². The van der Waals surface area contributed by atoms with E-state index in [1.165, 1.54) is 36.6 Å². The minimum absolute atomic E-state index is 0.0349. The average molecular weight is 656 g/mol. The molecule has 0 atom stereocenters. The summed E-state index contributed by atoms with van der Waals surface area (Å²) in [6.07, 6.45) is -3.03. The van der Waals surface area contributed by atoms with Gasteiger partial charge >= 0.3 is 12.3 Å². The lowest BCUT2D eigenvalue weighted by molar-refractivity contribution is -0.274. The van der Waals surface area contributed by atoms with Crippen LogP contribution in [0.25, 0.3) is 21.5 Å². The van der Waals surface area contributed by atoms with Crippen molar-refractivity contribution < 1.29 is 36.7 Å². The number of hydrogen-bond acceptors (Lipinski definition) is 9. The number of carbonyl (C=O) groups excluding carboxylic acids is 1. The standard InChI is InChI=1S/C32H25ClF3N3O5S/c1-41-30(40)18-8-11-25-27(12-18)45-31(37-25)39-14-19(15-39)21-10-9-20(13-24(21)33)42-16-23-28(38-44-29(23)17-6-7-17)22-4-2-3-5-26(22)43-32(34,35)36/h2-5,8-13,17,19H,6-7,14-16H2,1H3. The third kappa shape index (κ3) is 6.04. The zero-order valence-electron chi connectivity index (χ0n) is 23.8. The molecule has 1 aliphatic carbocycles. The summed E-state index contributed by atoms with van der Waals surface area (Å²) in [6.45, 7) is 1.50. The molecule has 3 heterocycles. The first-order valence-corrected chi connectivity index (χ1v) is 15.4. The molecule has 45 heavy (non-hydrogen) atoms. The van der Waals surface area contributed by atoms with Crippen LogP contribution in [-0.4, -0.2) is 42.7 Å². The molecule has 2 aromatic heterocycles. The molecule has 0 spiro atoms. The number of nitrogens with zero attached hydrogens (tertiary/aromatic N) is 3. The maximum Gasteiger partial charge on any atom is 0.573 e. The molecular formula is C32H25ClF3N3O5S. The highest BCUT2D eigenvalue weighted by atomic mass is 35.5. The molecule has 2 fully saturated rings. The van der Waals surface area contributed by atoms with E-state index in [9.17, 15) is 18.0 Å². The van der Waals surface area contributed by atoms with Crippen molar-refractivity contribution in [3.63, 3.8) is 0 Å². The van der Waals surface area contributed by atoms with Crippen molar-refractivity contribution in [2.45, 2.75) is 37.6 Å². The van der Waals surface area contributed by atoms with Crippen LogP contribution in [0, 0.1) is 0 Å². The quantitative estimate of drug-likeness (QED) is 0.147. The Morgan fingerprint density at radius 3 is 2.62 bits per heavy atom. The van der Waals surface area contributed by atoms with Crippen LogP contribution in [0.15, 0.2) is 65.2 Å². The van der Waals surface area contributed by atoms with Crippen molar-refractivity contribution in [2.24, 2.45) is 0 Å². The van der Waals surface area contributed by atoms with Gasteiger partial charge in [0.15, 0.2) is 5.13 Å². The topological polar surface area (TPSA) is 86.9 Å². The summed E-state index contributed by atoms with van der Waals surface area (Å²) in [6, 6.07) is 16.7. The van der Waals surface area contributed by atoms with E-state index in [1.54, 1.807) is 24.3 Å². The smallest absolute Gasteiger partial charge is 0.489 e. The second-order valence-electron chi connectivity index (χ2n) is 10.9. The van der Waals surface area contributed by atoms with Gasteiger partial charge in [0, 0.05) is 35.5 Å². The van der Waals surface area contributed by atoms with Gasteiger partial charge in [0.05, 0.1) is 28.5 Å². The van der Waals surface area contributed by atoms with Gasteiger partial charge in [0.1, 0.15) is 29.6 Å². The molecule has 0 radical (unpaired) electrons. The Morgan fingerprint density at radius 2 is 1.89 bits per heavy atom. The average Bonchev–Trinajstić information content (AvgIpc) is 3.61. The number of fused-ring (bicyclic) bond motifs is 1. The number of hydrogen-bond donors (Lipinski definition) is 0. The van der Waals surface area contributed by atoms with E-state index in [2.05, 4.69) is 14.8 Å². The summed E-state index contributed by atoms with van der Waals surface area (Å²) < 4.78 is 61.0. The maximum atomic E-state index is 13.1. The van der Waals surface area contributed by atoms with Gasteiger partial charge in [0.25, 0.3) is 0 Å². The van der Waals surface area contributed by atoms with Gasteiger partial charge in [-0.3, -0.25) is 0 Å². The van der Waals surface area contributed by atoms with Crippen LogP contribution >= 0.6 is 22.9 Å². The van der Waals surface area contributed by atoms with Crippen LogP contribution in [0.4, 0.5) is 18.3 Å². The molecule has 0 unspecified atom stereocenters. The van der Waals surface area contributed by atoms with Crippen LogP contribution in [0.5, 0.6) is 11.5 Å². The van der Waals surface area contributed by atoms with E-state index >= 15 is 0 Å². The molecule has 5 aromatic rings. The number of methoxy groups -OCH3 is 1. The number of thiazole rings is 1. The number of esters is 1. The number of rotatable bonds is 9. The summed E-state index contributed by atoms with van der Waals surface area (Å²) in [5.74, 6) is 0.727. The van der Waals surface area contributed by atoms with Crippen molar-refractivity contribution >= 4 is 44.3 Å². The number of aromatic nitrogens is 2. The first-order valence-electron chi connectivity index (χ1n) is 14.2. The van der Waals surface area contributed by atoms with Crippen LogP contribution in [0.2, 0.25) is 5.02 Å². The Balaban J connectivity index is 1.04. The van der Waals surface area contributed by atoms with Crippen molar-refractivity contribution in [2.75, 3.05) is 25.1 Å². The number of carbonyl (C=O) groups is 1. The van der Waals surface area contributed by atoms with Crippen LogP contribution in [0.1, 0.15) is 51.9 Å². The van der Waals surface area contributed by atoms with E-state index in [0.29, 0.717) is 27.7 Å². The zero-order chi connectivity index (χ0) is 31.3. The summed E-state index contributed by atoms with van der Waals surface area (Å²) in [7, 11) is 1.36. The Bertz CT molecular complexity index is 1900. The van der Waals surface area contributed by atoms with E-state index in [4.69, 9.17) is 30.6 Å². The lowest BCUT2D eigenvalue weighted by atomic mass is 9.92. The molecular weight excluding hydrogens is 631 g/mol. The lowest BCUT2D eigenvalue weighted by Gasteiger charge is -2.39. The molecule has 3 aromatic carbocycles. The number of halogens is 4. The van der Waals surface area contributed by atoms with Gasteiger partial charge in [-0.25, -0.2) is 9.78 Å². The maximum absolute atomic E-state index is 13.1. The normalized spacial score (nSPS) is 15.3. The fourth-order valence-corrected chi connectivity index (χ4v) is 6.77. The van der Waals surface area contributed by atoms with Gasteiger partial charge in [-0.05, 0) is 60.9 Å². The minimum Gasteiger partial charge on any atom is -0.489 e. The first-order chi connectivity index (χ1) is 21.7. The van der Waals surface area contributed by atoms with Crippen molar-refractivity contribution in [3.05, 3.63) is 88.1 Å². The number of alkyl halides is 3. The fourth-order valence-electron chi connectivity index (χ4n) is 5.42. The van der Waals surface area contributed by atoms with Crippen molar-refractivity contribution in [3.8, 4) is 22.8 Å². The number of benzene rings is 3. The largest absolute Gasteiger partial charge is 0.573 e. The third-order valence-electron chi connectivity index (χ3n) is 7.88. The number of ether oxygens (including phenoxy) is 3. The first kappa shape index (κ1) is 29.4. The lowest BCUT2D eigenvalue weighted by Crippen LogP contribution is -2.45. The molecule has 1 saturated carbocycles. The summed E-state index contributed by atoms with van der Waals surface area (Å²) >= 11 is 8.23. The zero-order valence-corrected chi connectivity index (χ0v) is 25.3. The van der Waals surface area contributed by atoms with Crippen LogP contribution < -0.4 is 14.4 Å². The van der Waals surface area contributed by atoms with Gasteiger partial charge in [-0.2, -0.15) is 0 Å². The van der Waals surface area contributed by atoms with Gasteiger partial charge in [-0.1, -0.05) is 46.3 Å². The number of anilines is 1. The molecule has 1 aliphatic heterocycles. The molecule has 0 bridgehead atoms.